The number of halogens is 2. The lowest BCUT2D eigenvalue weighted by molar-refractivity contribution is 0.629. The van der Waals surface area contributed by atoms with Gasteiger partial charge in [-0.3, -0.25) is 0 Å². The molecule has 0 unspecified atom stereocenters. The van der Waals surface area contributed by atoms with E-state index >= 15 is 0 Å². The third kappa shape index (κ3) is 3.33. The van der Waals surface area contributed by atoms with Crippen LogP contribution in [-0.2, 0) is 0 Å². The van der Waals surface area contributed by atoms with E-state index in [1.807, 2.05) is 6.26 Å². The number of anilines is 3. The van der Waals surface area contributed by atoms with Crippen molar-refractivity contribution in [2.45, 2.75) is 18.6 Å². The van der Waals surface area contributed by atoms with Crippen LogP contribution in [0.3, 0.4) is 0 Å². The first-order valence-corrected chi connectivity index (χ1v) is 6.70. The van der Waals surface area contributed by atoms with Crippen LogP contribution < -0.4 is 16.8 Å². The Balaban J connectivity index is 2.96. The maximum absolute atomic E-state index is 13.8. The molecule has 0 saturated carbocycles. The minimum Gasteiger partial charge on any atom is -0.397 e. The smallest absolute Gasteiger partial charge is 0.169 e. The number of benzene rings is 1. The fraction of sp³-hybridized carbons (Fsp3) is 0.455. The topological polar surface area (TPSA) is 64.1 Å². The normalized spacial score (nSPS) is 11.6. The van der Waals surface area contributed by atoms with Gasteiger partial charge >= 0.3 is 0 Å². The molecule has 0 fully saturated rings. The SMILES string of the molecule is CSC(C)(C)CNc1c(N)cc(N)c(Cl)c1F. The number of nitrogen functional groups attached to an aromatic ring is 2. The van der Waals surface area contributed by atoms with Crippen LogP contribution in [-0.4, -0.2) is 17.5 Å². The van der Waals surface area contributed by atoms with E-state index in [0.717, 1.165) is 0 Å². The molecule has 1 aromatic rings. The van der Waals surface area contributed by atoms with E-state index in [-0.39, 0.29) is 26.8 Å². The van der Waals surface area contributed by atoms with Crippen molar-refractivity contribution in [3.63, 3.8) is 0 Å². The van der Waals surface area contributed by atoms with Crippen molar-refractivity contribution in [2.75, 3.05) is 29.6 Å². The summed E-state index contributed by atoms with van der Waals surface area (Å²) in [6, 6.07) is 1.46. The van der Waals surface area contributed by atoms with Crippen LogP contribution in [0, 0.1) is 5.82 Å². The number of hydrogen-bond acceptors (Lipinski definition) is 4. The summed E-state index contributed by atoms with van der Waals surface area (Å²) in [5.74, 6) is -0.596. The molecule has 6 heteroatoms. The molecule has 3 nitrogen and oxygen atoms in total. The predicted molar refractivity (Wildman–Crippen MR) is 76.3 cm³/mol. The molecule has 0 aromatic heterocycles. The first kappa shape index (κ1) is 14.3. The van der Waals surface area contributed by atoms with Gasteiger partial charge in [-0.05, 0) is 26.2 Å². The summed E-state index contributed by atoms with van der Waals surface area (Å²) in [5, 5.41) is 2.89. The molecule has 0 atom stereocenters. The van der Waals surface area contributed by atoms with Crippen LogP contribution in [0.2, 0.25) is 5.02 Å². The molecule has 1 aromatic carbocycles. The van der Waals surface area contributed by atoms with Crippen molar-refractivity contribution in [3.05, 3.63) is 16.9 Å². The molecule has 0 aliphatic rings. The highest BCUT2D eigenvalue weighted by Crippen LogP contribution is 2.34. The molecule has 0 heterocycles. The lowest BCUT2D eigenvalue weighted by atomic mass is 10.2. The van der Waals surface area contributed by atoms with E-state index < -0.39 is 5.82 Å². The van der Waals surface area contributed by atoms with Gasteiger partial charge in [-0.2, -0.15) is 11.8 Å². The monoisotopic (exact) mass is 277 g/mol. The van der Waals surface area contributed by atoms with Gasteiger partial charge < -0.3 is 16.8 Å². The molecule has 0 aliphatic heterocycles. The molecule has 0 amide bonds. The minimum atomic E-state index is -0.596. The van der Waals surface area contributed by atoms with Crippen LogP contribution in [0.25, 0.3) is 0 Å². The highest BCUT2D eigenvalue weighted by molar-refractivity contribution is 7.99. The fourth-order valence-corrected chi connectivity index (χ4v) is 1.58. The van der Waals surface area contributed by atoms with Crippen molar-refractivity contribution in [1.29, 1.82) is 0 Å². The Kier molecular flexibility index (Phi) is 4.38. The summed E-state index contributed by atoms with van der Waals surface area (Å²) in [6.07, 6.45) is 2.00. The van der Waals surface area contributed by atoms with Crippen molar-refractivity contribution in [2.24, 2.45) is 0 Å². The molecule has 96 valence electrons. The van der Waals surface area contributed by atoms with Gasteiger partial charge in [0, 0.05) is 11.3 Å². The number of hydrogen-bond donors (Lipinski definition) is 3. The zero-order chi connectivity index (χ0) is 13.2. The van der Waals surface area contributed by atoms with Gasteiger partial charge in [0.15, 0.2) is 5.82 Å². The van der Waals surface area contributed by atoms with E-state index in [2.05, 4.69) is 19.2 Å². The molecular weight excluding hydrogens is 261 g/mol. The van der Waals surface area contributed by atoms with Gasteiger partial charge in [0.2, 0.25) is 0 Å². The molecule has 0 spiro atoms. The highest BCUT2D eigenvalue weighted by atomic mass is 35.5. The molecule has 0 saturated heterocycles. The zero-order valence-electron chi connectivity index (χ0n) is 10.1. The third-order valence-electron chi connectivity index (χ3n) is 2.51. The van der Waals surface area contributed by atoms with Gasteiger partial charge in [0.25, 0.3) is 0 Å². The van der Waals surface area contributed by atoms with E-state index in [0.29, 0.717) is 6.54 Å². The Bertz CT molecular complexity index is 424. The fourth-order valence-electron chi connectivity index (χ4n) is 1.22. The molecule has 0 bridgehead atoms. The minimum absolute atomic E-state index is 0.0211. The van der Waals surface area contributed by atoms with Crippen molar-refractivity contribution in [1.82, 2.24) is 0 Å². The molecule has 1 rings (SSSR count). The van der Waals surface area contributed by atoms with Gasteiger partial charge in [0.1, 0.15) is 5.02 Å². The second kappa shape index (κ2) is 5.23. The summed E-state index contributed by atoms with van der Waals surface area (Å²) >= 11 is 7.42. The van der Waals surface area contributed by atoms with E-state index in [9.17, 15) is 4.39 Å². The molecule has 5 N–H and O–H groups in total. The summed E-state index contributed by atoms with van der Waals surface area (Å²) in [4.78, 5) is 0. The number of nitrogens with one attached hydrogen (secondary N) is 1. The first-order chi connectivity index (χ1) is 7.78. The molecular formula is C11H17ClFN3S. The van der Waals surface area contributed by atoms with Crippen LogP contribution in [0.5, 0.6) is 0 Å². The second-order valence-electron chi connectivity index (χ2n) is 4.38. The highest BCUT2D eigenvalue weighted by Gasteiger charge is 2.19. The summed E-state index contributed by atoms with van der Waals surface area (Å²) < 4.78 is 13.8. The van der Waals surface area contributed by atoms with E-state index in [1.165, 1.54) is 6.07 Å². The number of rotatable bonds is 4. The van der Waals surface area contributed by atoms with Crippen LogP contribution in [0.1, 0.15) is 13.8 Å². The molecule has 0 radical (unpaired) electrons. The standard InChI is InChI=1S/C11H17ClFN3S/c1-11(2,17-3)5-16-10-7(15)4-6(14)8(12)9(10)13/h4,16H,5,14-15H2,1-3H3. The van der Waals surface area contributed by atoms with Gasteiger partial charge in [-0.15, -0.1) is 0 Å². The number of thioether (sulfide) groups is 1. The van der Waals surface area contributed by atoms with Crippen molar-refractivity contribution >= 4 is 40.4 Å². The predicted octanol–water partition coefficient (Wildman–Crippen LogP) is 3.20. The van der Waals surface area contributed by atoms with Crippen LogP contribution >= 0.6 is 23.4 Å². The van der Waals surface area contributed by atoms with Gasteiger partial charge in [-0.1, -0.05) is 11.6 Å². The van der Waals surface area contributed by atoms with E-state index in [1.54, 1.807) is 11.8 Å². The average molecular weight is 278 g/mol. The Hall–Kier alpha value is -0.810. The lowest BCUT2D eigenvalue weighted by Gasteiger charge is -2.24. The second-order valence-corrected chi connectivity index (χ2v) is 6.27. The summed E-state index contributed by atoms with van der Waals surface area (Å²) in [7, 11) is 0. The maximum Gasteiger partial charge on any atom is 0.169 e. The Morgan fingerprint density at radius 3 is 2.53 bits per heavy atom. The largest absolute Gasteiger partial charge is 0.397 e. The molecule has 0 aliphatic carbocycles. The van der Waals surface area contributed by atoms with Crippen LogP contribution in [0.15, 0.2) is 6.07 Å². The zero-order valence-corrected chi connectivity index (χ0v) is 11.7. The third-order valence-corrected chi connectivity index (χ3v) is 4.14. The molecule has 17 heavy (non-hydrogen) atoms. The maximum atomic E-state index is 13.8. The summed E-state index contributed by atoms with van der Waals surface area (Å²) in [6.45, 7) is 4.69. The number of nitrogens with two attached hydrogens (primary N) is 2. The van der Waals surface area contributed by atoms with Crippen LogP contribution in [0.4, 0.5) is 21.5 Å². The van der Waals surface area contributed by atoms with Crippen molar-refractivity contribution in [3.8, 4) is 0 Å². The Morgan fingerprint density at radius 1 is 1.41 bits per heavy atom. The van der Waals surface area contributed by atoms with Gasteiger partial charge in [0.05, 0.1) is 17.1 Å². The Morgan fingerprint density at radius 2 is 2.00 bits per heavy atom. The summed E-state index contributed by atoms with van der Waals surface area (Å²) in [5.41, 5.74) is 11.9. The quantitative estimate of drug-likeness (QED) is 0.740. The van der Waals surface area contributed by atoms with Gasteiger partial charge in [-0.25, -0.2) is 4.39 Å². The Labute approximate surface area is 110 Å². The van der Waals surface area contributed by atoms with E-state index in [4.69, 9.17) is 23.1 Å². The average Bonchev–Trinajstić information content (AvgIpc) is 2.26. The lowest BCUT2D eigenvalue weighted by Crippen LogP contribution is -2.26. The first-order valence-electron chi connectivity index (χ1n) is 5.10. The van der Waals surface area contributed by atoms with Crippen molar-refractivity contribution < 1.29 is 4.39 Å².